The van der Waals surface area contributed by atoms with Crippen LogP contribution in [0.25, 0.3) is 0 Å². The van der Waals surface area contributed by atoms with E-state index >= 15 is 0 Å². The predicted octanol–water partition coefficient (Wildman–Crippen LogP) is 1.36. The molecule has 0 aromatic heterocycles. The molecule has 1 saturated heterocycles. The van der Waals surface area contributed by atoms with E-state index in [1.807, 2.05) is 25.1 Å². The molecule has 4 unspecified atom stereocenters. The average molecular weight is 428 g/mol. The Balaban J connectivity index is 1.27. The highest BCUT2D eigenvalue weighted by Crippen LogP contribution is 2.52. The minimum atomic E-state index is -0.215. The highest BCUT2D eigenvalue weighted by Gasteiger charge is 2.58. The van der Waals surface area contributed by atoms with Crippen LogP contribution in [0.3, 0.4) is 0 Å². The van der Waals surface area contributed by atoms with Gasteiger partial charge in [-0.05, 0) is 50.0 Å². The zero-order valence-electron chi connectivity index (χ0n) is 18.3. The van der Waals surface area contributed by atoms with Gasteiger partial charge in [-0.1, -0.05) is 18.2 Å². The number of benzene rings is 1. The lowest BCUT2D eigenvalue weighted by Crippen LogP contribution is -2.43. The highest BCUT2D eigenvalue weighted by atomic mass is 19.1. The highest BCUT2D eigenvalue weighted by molar-refractivity contribution is 6.06. The van der Waals surface area contributed by atoms with Gasteiger partial charge in [0.25, 0.3) is 0 Å². The molecule has 4 atom stereocenters. The maximum absolute atomic E-state index is 14.0. The molecule has 1 aromatic rings. The molecule has 7 nitrogen and oxygen atoms in total. The molecule has 1 aromatic carbocycles. The van der Waals surface area contributed by atoms with Crippen molar-refractivity contribution in [3.05, 3.63) is 47.3 Å². The number of aliphatic imine (C=N–C) groups is 1. The molecule has 2 amide bonds. The topological polar surface area (TPSA) is 77.0 Å². The van der Waals surface area contributed by atoms with Gasteiger partial charge in [-0.2, -0.15) is 0 Å². The van der Waals surface area contributed by atoms with Crippen molar-refractivity contribution < 1.29 is 14.0 Å². The summed E-state index contributed by atoms with van der Waals surface area (Å²) >= 11 is 0. The molecule has 2 fully saturated rings. The first-order chi connectivity index (χ1) is 14.9. The second-order valence-corrected chi connectivity index (χ2v) is 8.84. The molecule has 1 aliphatic heterocycles. The van der Waals surface area contributed by atoms with Gasteiger partial charge in [0.05, 0.1) is 11.8 Å². The number of carbonyl (C=O) groups excluding carboxylic acids is 2. The third kappa shape index (κ3) is 4.21. The van der Waals surface area contributed by atoms with E-state index in [0.717, 1.165) is 12.0 Å². The standard InChI is InChI=1S/C23H30FN5O2/c1-25-23(27-12-14-4-7-18(24)17(10-14)13-28(2)3)26-8-9-29-21(30)19-15-5-6-16(11-15)20(19)22(29)31/h4-7,10,15-16,19-20H,8-9,11-13H2,1-3H3,(H2,25,26,27). The first-order valence-corrected chi connectivity index (χ1v) is 10.8. The second-order valence-electron chi connectivity index (χ2n) is 8.84. The van der Waals surface area contributed by atoms with Gasteiger partial charge < -0.3 is 15.5 Å². The molecular weight excluding hydrogens is 397 g/mol. The van der Waals surface area contributed by atoms with Crippen LogP contribution in [0, 0.1) is 29.5 Å². The maximum atomic E-state index is 14.0. The quantitative estimate of drug-likeness (QED) is 0.297. The number of hydrogen-bond acceptors (Lipinski definition) is 4. The van der Waals surface area contributed by atoms with Gasteiger partial charge in [0, 0.05) is 38.8 Å². The SMILES string of the molecule is CN=C(NCCN1C(=O)C2C3C=CC(C3)C2C1=O)NCc1ccc(F)c(CN(C)C)c1. The summed E-state index contributed by atoms with van der Waals surface area (Å²) < 4.78 is 14.0. The number of amides is 2. The van der Waals surface area contributed by atoms with E-state index in [1.165, 1.54) is 11.0 Å². The summed E-state index contributed by atoms with van der Waals surface area (Å²) in [6, 6.07) is 5.07. The number of carbonyl (C=O) groups is 2. The molecule has 2 bridgehead atoms. The number of fused-ring (bicyclic) bond motifs is 5. The van der Waals surface area contributed by atoms with Crippen LogP contribution in [0.1, 0.15) is 17.5 Å². The van der Waals surface area contributed by atoms with Gasteiger partial charge in [0.1, 0.15) is 5.82 Å². The normalized spacial score (nSPS) is 26.9. The maximum Gasteiger partial charge on any atom is 0.233 e. The van der Waals surface area contributed by atoms with Crippen molar-refractivity contribution in [1.82, 2.24) is 20.4 Å². The average Bonchev–Trinajstić information content (AvgIpc) is 3.41. The largest absolute Gasteiger partial charge is 0.355 e. The zero-order valence-corrected chi connectivity index (χ0v) is 18.3. The molecule has 1 saturated carbocycles. The smallest absolute Gasteiger partial charge is 0.233 e. The van der Waals surface area contributed by atoms with E-state index in [-0.39, 0.29) is 41.3 Å². The van der Waals surface area contributed by atoms with Gasteiger partial charge in [-0.3, -0.25) is 19.5 Å². The van der Waals surface area contributed by atoms with Gasteiger partial charge >= 0.3 is 0 Å². The van der Waals surface area contributed by atoms with Gasteiger partial charge in [0.2, 0.25) is 11.8 Å². The van der Waals surface area contributed by atoms with Crippen LogP contribution in [0.5, 0.6) is 0 Å². The van der Waals surface area contributed by atoms with Crippen molar-refractivity contribution in [2.45, 2.75) is 19.5 Å². The molecule has 1 heterocycles. The fourth-order valence-electron chi connectivity index (χ4n) is 5.08. The number of nitrogens with zero attached hydrogens (tertiary/aromatic N) is 3. The van der Waals surface area contributed by atoms with Crippen LogP contribution < -0.4 is 10.6 Å². The molecule has 31 heavy (non-hydrogen) atoms. The van der Waals surface area contributed by atoms with Crippen molar-refractivity contribution in [2.24, 2.45) is 28.7 Å². The molecular formula is C23H30FN5O2. The lowest BCUT2D eigenvalue weighted by molar-refractivity contribution is -0.140. The third-order valence-electron chi connectivity index (χ3n) is 6.47. The summed E-state index contributed by atoms with van der Waals surface area (Å²) in [6.45, 7) is 1.77. The number of nitrogens with one attached hydrogen (secondary N) is 2. The fraction of sp³-hybridized carbons (Fsp3) is 0.522. The van der Waals surface area contributed by atoms with Crippen LogP contribution in [0.15, 0.2) is 35.3 Å². The van der Waals surface area contributed by atoms with Crippen LogP contribution in [-0.2, 0) is 22.7 Å². The predicted molar refractivity (Wildman–Crippen MR) is 116 cm³/mol. The zero-order chi connectivity index (χ0) is 22.1. The molecule has 8 heteroatoms. The first-order valence-electron chi connectivity index (χ1n) is 10.8. The Morgan fingerprint density at radius 3 is 2.45 bits per heavy atom. The molecule has 0 radical (unpaired) electrons. The van der Waals surface area contributed by atoms with Crippen LogP contribution in [-0.4, -0.2) is 61.8 Å². The summed E-state index contributed by atoms with van der Waals surface area (Å²) in [5, 5.41) is 6.37. The lowest BCUT2D eigenvalue weighted by Gasteiger charge is -2.19. The minimum Gasteiger partial charge on any atom is -0.355 e. The Morgan fingerprint density at radius 1 is 1.16 bits per heavy atom. The minimum absolute atomic E-state index is 0.0312. The summed E-state index contributed by atoms with van der Waals surface area (Å²) in [5.74, 6) is 0.434. The number of likely N-dealkylation sites (tertiary alicyclic amines) is 1. The van der Waals surface area contributed by atoms with Crippen LogP contribution in [0.2, 0.25) is 0 Å². The monoisotopic (exact) mass is 427 g/mol. The second kappa shape index (κ2) is 8.78. The van der Waals surface area contributed by atoms with Crippen LogP contribution in [0.4, 0.5) is 4.39 Å². The van der Waals surface area contributed by atoms with E-state index in [9.17, 15) is 14.0 Å². The molecule has 2 N–H and O–H groups in total. The molecule has 166 valence electrons. The van der Waals surface area contributed by atoms with Crippen molar-refractivity contribution in [2.75, 3.05) is 34.2 Å². The lowest BCUT2D eigenvalue weighted by atomic mass is 9.85. The Hall–Kier alpha value is -2.74. The summed E-state index contributed by atoms with van der Waals surface area (Å²) in [4.78, 5) is 33.0. The summed E-state index contributed by atoms with van der Waals surface area (Å²) in [7, 11) is 5.47. The van der Waals surface area contributed by atoms with Gasteiger partial charge in [-0.15, -0.1) is 0 Å². The molecule has 4 rings (SSSR count). The Bertz CT molecular complexity index is 899. The van der Waals surface area contributed by atoms with Crippen molar-refractivity contribution in [1.29, 1.82) is 0 Å². The van der Waals surface area contributed by atoms with Crippen molar-refractivity contribution in [3.8, 4) is 0 Å². The van der Waals surface area contributed by atoms with Gasteiger partial charge in [-0.25, -0.2) is 4.39 Å². The Labute approximate surface area is 182 Å². The molecule has 0 spiro atoms. The van der Waals surface area contributed by atoms with Crippen LogP contribution >= 0.6 is 0 Å². The molecule has 2 aliphatic carbocycles. The number of rotatable bonds is 7. The number of allylic oxidation sites excluding steroid dienone is 2. The van der Waals surface area contributed by atoms with E-state index in [1.54, 1.807) is 13.1 Å². The third-order valence-corrected chi connectivity index (χ3v) is 6.47. The number of imide groups is 1. The number of guanidine groups is 1. The van der Waals surface area contributed by atoms with E-state index < -0.39 is 0 Å². The number of hydrogen-bond donors (Lipinski definition) is 2. The summed E-state index contributed by atoms with van der Waals surface area (Å²) in [5.41, 5.74) is 1.59. The number of halogens is 1. The summed E-state index contributed by atoms with van der Waals surface area (Å²) in [6.07, 6.45) is 5.14. The fourth-order valence-corrected chi connectivity index (χ4v) is 5.08. The van der Waals surface area contributed by atoms with E-state index in [4.69, 9.17) is 0 Å². The molecule has 3 aliphatic rings. The Kier molecular flexibility index (Phi) is 6.09. The van der Waals surface area contributed by atoms with E-state index in [2.05, 4.69) is 27.8 Å². The van der Waals surface area contributed by atoms with Crippen molar-refractivity contribution >= 4 is 17.8 Å². The Morgan fingerprint density at radius 2 is 1.84 bits per heavy atom. The van der Waals surface area contributed by atoms with Gasteiger partial charge in [0.15, 0.2) is 5.96 Å². The van der Waals surface area contributed by atoms with E-state index in [0.29, 0.717) is 37.7 Å². The van der Waals surface area contributed by atoms with Crippen molar-refractivity contribution in [3.63, 3.8) is 0 Å². The first kappa shape index (κ1) is 21.5.